The quantitative estimate of drug-likeness (QED) is 0.238. The van der Waals surface area contributed by atoms with Crippen molar-refractivity contribution in [2.45, 2.75) is 32.6 Å². The smallest absolute Gasteiger partial charge is 0.490 e. The van der Waals surface area contributed by atoms with Gasteiger partial charge in [-0.25, -0.2) is 14.3 Å². The third-order valence-corrected chi connectivity index (χ3v) is 6.34. The lowest BCUT2D eigenvalue weighted by molar-refractivity contribution is -0.192. The van der Waals surface area contributed by atoms with Crippen LogP contribution in [0.4, 0.5) is 19.0 Å². The number of rotatable bonds is 7. The van der Waals surface area contributed by atoms with Crippen LogP contribution in [0.5, 0.6) is 5.75 Å². The van der Waals surface area contributed by atoms with E-state index in [-0.39, 0.29) is 17.3 Å². The fourth-order valence-corrected chi connectivity index (χ4v) is 4.43. The normalized spacial score (nSPS) is 12.0. The third kappa shape index (κ3) is 6.38. The van der Waals surface area contributed by atoms with Gasteiger partial charge in [-0.15, -0.1) is 5.10 Å². The van der Waals surface area contributed by atoms with Gasteiger partial charge in [-0.1, -0.05) is 41.9 Å². The summed E-state index contributed by atoms with van der Waals surface area (Å²) in [5, 5.41) is 20.2. The molecule has 1 unspecified atom stereocenters. The van der Waals surface area contributed by atoms with Crippen LogP contribution in [-0.2, 0) is 11.3 Å². The number of carboxylic acids is 1. The average Bonchev–Trinajstić information content (AvgIpc) is 3.51. The van der Waals surface area contributed by atoms with Gasteiger partial charge in [0.2, 0.25) is 0 Å². The van der Waals surface area contributed by atoms with Crippen LogP contribution in [0, 0.1) is 0 Å². The van der Waals surface area contributed by atoms with Crippen LogP contribution in [0.3, 0.4) is 0 Å². The Hall–Kier alpha value is -4.85. The van der Waals surface area contributed by atoms with Gasteiger partial charge in [-0.05, 0) is 31.5 Å². The molecule has 2 aromatic carbocycles. The number of fused-ring (bicyclic) bond motifs is 2. The molecule has 0 aliphatic heterocycles. The first-order valence-corrected chi connectivity index (χ1v) is 12.8. The second kappa shape index (κ2) is 12.3. The molecular formula is C27H25ClF3N7O4. The number of nitrogens with zero attached hydrogens (tertiary/aromatic N) is 5. The van der Waals surface area contributed by atoms with Gasteiger partial charge >= 0.3 is 12.1 Å². The van der Waals surface area contributed by atoms with Crippen LogP contribution in [-0.4, -0.2) is 54.1 Å². The molecule has 4 N–H and O–H groups in total. The summed E-state index contributed by atoms with van der Waals surface area (Å²) in [6, 6.07) is 13.1. The van der Waals surface area contributed by atoms with Crippen molar-refractivity contribution >= 4 is 45.8 Å². The minimum Gasteiger partial charge on any atom is -0.491 e. The number of aromatic nitrogens is 5. The van der Waals surface area contributed by atoms with Crippen LogP contribution in [0.1, 0.15) is 41.4 Å². The number of benzene rings is 2. The zero-order chi connectivity index (χ0) is 30.6. The van der Waals surface area contributed by atoms with E-state index in [2.05, 4.69) is 20.5 Å². The Kier molecular flexibility index (Phi) is 8.85. The Morgan fingerprint density at radius 3 is 2.55 bits per heavy atom. The molecule has 0 fully saturated rings. The van der Waals surface area contributed by atoms with Crippen molar-refractivity contribution in [1.29, 1.82) is 0 Å². The maximum Gasteiger partial charge on any atom is 0.490 e. The molecule has 220 valence electrons. The monoisotopic (exact) mass is 603 g/mol. The number of anilines is 1. The van der Waals surface area contributed by atoms with Crippen LogP contribution in [0.2, 0.25) is 5.02 Å². The molecule has 15 heteroatoms. The topological polar surface area (TPSA) is 150 Å². The van der Waals surface area contributed by atoms with Crippen molar-refractivity contribution in [3.05, 3.63) is 82.8 Å². The number of aliphatic carboxylic acids is 1. The van der Waals surface area contributed by atoms with Gasteiger partial charge in [0.25, 0.3) is 5.91 Å². The number of halogens is 4. The first-order valence-electron chi connectivity index (χ1n) is 12.5. The second-order valence-corrected chi connectivity index (χ2v) is 9.31. The fourth-order valence-electron chi connectivity index (χ4n) is 4.18. The van der Waals surface area contributed by atoms with E-state index < -0.39 is 18.2 Å². The molecule has 0 saturated carbocycles. The molecule has 1 amide bonds. The molecule has 0 saturated heterocycles. The highest BCUT2D eigenvalue weighted by atomic mass is 35.5. The number of alkyl halides is 3. The summed E-state index contributed by atoms with van der Waals surface area (Å²) in [7, 11) is 0. The van der Waals surface area contributed by atoms with Crippen molar-refractivity contribution in [3.63, 3.8) is 0 Å². The first kappa shape index (κ1) is 30.1. The molecule has 3 heterocycles. The van der Waals surface area contributed by atoms with Crippen LogP contribution in [0.15, 0.2) is 61.1 Å². The zero-order valence-electron chi connectivity index (χ0n) is 22.3. The van der Waals surface area contributed by atoms with Gasteiger partial charge in [-0.3, -0.25) is 9.48 Å². The van der Waals surface area contributed by atoms with Crippen LogP contribution >= 0.6 is 11.6 Å². The number of nitrogen functional groups attached to an aromatic ring is 1. The molecule has 0 radical (unpaired) electrons. The van der Waals surface area contributed by atoms with Gasteiger partial charge in [0.1, 0.15) is 11.1 Å². The van der Waals surface area contributed by atoms with Crippen molar-refractivity contribution in [2.24, 2.45) is 0 Å². The predicted octanol–water partition coefficient (Wildman–Crippen LogP) is 4.89. The number of carboxylic acid groups (broad SMARTS) is 1. The summed E-state index contributed by atoms with van der Waals surface area (Å²) in [5.74, 6) is -2.42. The summed E-state index contributed by atoms with van der Waals surface area (Å²) >= 11 is 6.67. The number of amides is 1. The number of nitrogens with one attached hydrogen (secondary N) is 1. The number of hydrogen-bond donors (Lipinski definition) is 3. The third-order valence-electron chi connectivity index (χ3n) is 6.03. The highest BCUT2D eigenvalue weighted by Gasteiger charge is 2.38. The largest absolute Gasteiger partial charge is 0.491 e. The van der Waals surface area contributed by atoms with Crippen molar-refractivity contribution < 1.29 is 32.6 Å². The van der Waals surface area contributed by atoms with Gasteiger partial charge < -0.3 is 20.9 Å². The van der Waals surface area contributed by atoms with Crippen molar-refractivity contribution in [2.75, 3.05) is 12.3 Å². The zero-order valence-corrected chi connectivity index (χ0v) is 23.0. The van der Waals surface area contributed by atoms with E-state index in [0.29, 0.717) is 29.6 Å². The Balaban J connectivity index is 0.000000517. The molecule has 0 spiro atoms. The van der Waals surface area contributed by atoms with E-state index in [0.717, 1.165) is 22.0 Å². The summed E-state index contributed by atoms with van der Waals surface area (Å²) in [6.07, 6.45) is -0.0688. The standard InChI is InChI=1S/C25H24ClN7O2.C2HF3O2/c1-3-35-22-17(15(2)30-25(34)20-23(27)31-32-11-7-10-28-24(20)32)12-19(26)18-13-29-33(21(18)22)14-16-8-5-4-6-9-16;3-2(4,5)1(6)7/h4-13,15H,3,14H2,1-2H3,(H2,27,31)(H,30,34);(H,6,7). The van der Waals surface area contributed by atoms with E-state index in [9.17, 15) is 18.0 Å². The predicted molar refractivity (Wildman–Crippen MR) is 148 cm³/mol. The molecule has 1 atom stereocenters. The molecule has 0 aliphatic rings. The molecule has 5 aromatic rings. The summed E-state index contributed by atoms with van der Waals surface area (Å²) in [5.41, 5.74) is 9.24. The van der Waals surface area contributed by atoms with E-state index in [1.165, 1.54) is 4.52 Å². The maximum atomic E-state index is 13.2. The maximum absolute atomic E-state index is 13.2. The molecule has 0 bridgehead atoms. The van der Waals surface area contributed by atoms with Crippen molar-refractivity contribution in [1.82, 2.24) is 29.7 Å². The highest BCUT2D eigenvalue weighted by Crippen LogP contribution is 2.39. The SMILES string of the molecule is CCOc1c(C(C)NC(=O)c2c(N)nn3cccnc23)cc(Cl)c2cnn(Cc3ccccc3)c12.O=C(O)C(F)(F)F. The van der Waals surface area contributed by atoms with Gasteiger partial charge in [0.05, 0.1) is 30.4 Å². The minimum atomic E-state index is -5.08. The second-order valence-electron chi connectivity index (χ2n) is 8.91. The molecule has 5 rings (SSSR count). The number of carbonyl (C=O) groups is 2. The minimum absolute atomic E-state index is 0.104. The number of nitrogens with two attached hydrogens (primary N) is 1. The molecule has 42 heavy (non-hydrogen) atoms. The Labute approximate surface area is 241 Å². The number of hydrogen-bond acceptors (Lipinski definition) is 7. The Morgan fingerprint density at radius 2 is 1.90 bits per heavy atom. The van der Waals surface area contributed by atoms with E-state index in [1.807, 2.05) is 54.9 Å². The van der Waals surface area contributed by atoms with Crippen LogP contribution < -0.4 is 15.8 Å². The molecule has 11 nitrogen and oxygen atoms in total. The summed E-state index contributed by atoms with van der Waals surface area (Å²) in [6.45, 7) is 4.77. The van der Waals surface area contributed by atoms with Gasteiger partial charge in [-0.2, -0.15) is 18.3 Å². The van der Waals surface area contributed by atoms with Gasteiger partial charge in [0.15, 0.2) is 17.2 Å². The summed E-state index contributed by atoms with van der Waals surface area (Å²) < 4.78 is 41.2. The van der Waals surface area contributed by atoms with E-state index in [1.54, 1.807) is 24.7 Å². The Bertz CT molecular complexity index is 1740. The first-order chi connectivity index (χ1) is 19.9. The van der Waals surface area contributed by atoms with Crippen molar-refractivity contribution in [3.8, 4) is 5.75 Å². The average molecular weight is 604 g/mol. The lowest BCUT2D eigenvalue weighted by atomic mass is 10.0. The molecular weight excluding hydrogens is 579 g/mol. The number of ether oxygens (including phenoxy) is 1. The van der Waals surface area contributed by atoms with Crippen LogP contribution in [0.25, 0.3) is 16.6 Å². The number of carbonyl (C=O) groups excluding carboxylic acids is 1. The van der Waals surface area contributed by atoms with Gasteiger partial charge in [0, 0.05) is 23.3 Å². The Morgan fingerprint density at radius 1 is 1.21 bits per heavy atom. The lowest BCUT2D eigenvalue weighted by Crippen LogP contribution is -2.28. The van der Waals surface area contributed by atoms with E-state index >= 15 is 0 Å². The highest BCUT2D eigenvalue weighted by molar-refractivity contribution is 6.35. The van der Waals surface area contributed by atoms with E-state index in [4.69, 9.17) is 32.0 Å². The summed E-state index contributed by atoms with van der Waals surface area (Å²) in [4.78, 5) is 26.4. The lowest BCUT2D eigenvalue weighted by Gasteiger charge is -2.20. The fraction of sp³-hybridized carbons (Fsp3) is 0.222. The molecule has 0 aliphatic carbocycles. The molecule has 3 aromatic heterocycles.